The van der Waals surface area contributed by atoms with E-state index < -0.39 is 17.1 Å². The van der Waals surface area contributed by atoms with Crippen LogP contribution in [0, 0.1) is 6.92 Å². The first-order valence-electron chi connectivity index (χ1n) is 8.00. The summed E-state index contributed by atoms with van der Waals surface area (Å²) in [5.41, 5.74) is 1.72. The van der Waals surface area contributed by atoms with Gasteiger partial charge in [0.1, 0.15) is 11.5 Å². The number of furan rings is 1. The van der Waals surface area contributed by atoms with Gasteiger partial charge < -0.3 is 13.9 Å². The highest BCUT2D eigenvalue weighted by atomic mass is 32.2. The van der Waals surface area contributed by atoms with E-state index in [1.54, 1.807) is 13.2 Å². The number of imide groups is 1. The molecule has 1 aromatic heterocycles. The number of carbonyl (C=O) groups is 3. The van der Waals surface area contributed by atoms with Crippen molar-refractivity contribution >= 4 is 35.0 Å². The number of nitrogens with zero attached hydrogens (tertiary/aromatic N) is 1. The standard InChI is InChI=1S/C19H17NO6S/c1-11-8-12(4-6-14(11)24-2)9-16-17(21)20(19(23)27-16)10-13-5-7-15(26-13)18(22)25-3/h4-9H,10H2,1-3H3. The molecule has 0 unspecified atom stereocenters. The Balaban J connectivity index is 1.77. The number of amides is 2. The van der Waals surface area contributed by atoms with Gasteiger partial charge >= 0.3 is 5.97 Å². The Labute approximate surface area is 159 Å². The van der Waals surface area contributed by atoms with Gasteiger partial charge in [-0.15, -0.1) is 0 Å². The fraction of sp³-hybridized carbons (Fsp3) is 0.211. The Kier molecular flexibility index (Phi) is 5.36. The normalized spacial score (nSPS) is 15.5. The molecule has 1 aliphatic rings. The molecule has 3 rings (SSSR count). The van der Waals surface area contributed by atoms with Crippen LogP contribution in [-0.2, 0) is 16.1 Å². The van der Waals surface area contributed by atoms with Gasteiger partial charge in [-0.2, -0.15) is 0 Å². The molecule has 0 aliphatic carbocycles. The minimum Gasteiger partial charge on any atom is -0.496 e. The molecule has 1 saturated heterocycles. The molecular formula is C19H17NO6S. The third-order valence-electron chi connectivity index (χ3n) is 3.95. The van der Waals surface area contributed by atoms with Crippen molar-refractivity contribution in [3.05, 3.63) is 57.9 Å². The van der Waals surface area contributed by atoms with Gasteiger partial charge in [0.05, 0.1) is 25.7 Å². The van der Waals surface area contributed by atoms with E-state index in [4.69, 9.17) is 9.15 Å². The van der Waals surface area contributed by atoms with Crippen LogP contribution in [0.5, 0.6) is 5.75 Å². The predicted octanol–water partition coefficient (Wildman–Crippen LogP) is 3.62. The largest absolute Gasteiger partial charge is 0.496 e. The number of ether oxygens (including phenoxy) is 2. The lowest BCUT2D eigenvalue weighted by Crippen LogP contribution is -2.27. The van der Waals surface area contributed by atoms with Gasteiger partial charge in [0.25, 0.3) is 11.1 Å². The second kappa shape index (κ2) is 7.71. The maximum Gasteiger partial charge on any atom is 0.373 e. The van der Waals surface area contributed by atoms with Crippen LogP contribution in [0.3, 0.4) is 0 Å². The number of thioether (sulfide) groups is 1. The monoisotopic (exact) mass is 387 g/mol. The van der Waals surface area contributed by atoms with Crippen molar-refractivity contribution in [2.75, 3.05) is 14.2 Å². The zero-order chi connectivity index (χ0) is 19.6. The number of benzene rings is 1. The molecule has 140 valence electrons. The Morgan fingerprint density at radius 3 is 2.67 bits per heavy atom. The van der Waals surface area contributed by atoms with Crippen LogP contribution in [0.2, 0.25) is 0 Å². The zero-order valence-electron chi connectivity index (χ0n) is 15.0. The van der Waals surface area contributed by atoms with Gasteiger partial charge in [-0.3, -0.25) is 14.5 Å². The summed E-state index contributed by atoms with van der Waals surface area (Å²) in [4.78, 5) is 37.7. The molecule has 0 atom stereocenters. The van der Waals surface area contributed by atoms with Crippen LogP contribution < -0.4 is 4.74 Å². The lowest BCUT2D eigenvalue weighted by Gasteiger charge is -2.10. The molecule has 0 bridgehead atoms. The van der Waals surface area contributed by atoms with E-state index in [-0.39, 0.29) is 12.3 Å². The Morgan fingerprint density at radius 1 is 1.22 bits per heavy atom. The fourth-order valence-electron chi connectivity index (χ4n) is 2.61. The number of methoxy groups -OCH3 is 2. The number of carbonyl (C=O) groups excluding carboxylic acids is 3. The van der Waals surface area contributed by atoms with Gasteiger partial charge in [0.15, 0.2) is 0 Å². The lowest BCUT2D eigenvalue weighted by atomic mass is 10.1. The summed E-state index contributed by atoms with van der Waals surface area (Å²) in [7, 11) is 2.83. The number of esters is 1. The summed E-state index contributed by atoms with van der Waals surface area (Å²) >= 11 is 0.863. The number of hydrogen-bond acceptors (Lipinski definition) is 7. The Bertz CT molecular complexity index is 945. The van der Waals surface area contributed by atoms with Gasteiger partial charge in [-0.1, -0.05) is 6.07 Å². The predicted molar refractivity (Wildman–Crippen MR) is 99.3 cm³/mol. The van der Waals surface area contributed by atoms with Crippen molar-refractivity contribution < 1.29 is 28.3 Å². The first-order chi connectivity index (χ1) is 12.9. The number of rotatable bonds is 5. The van der Waals surface area contributed by atoms with Gasteiger partial charge in [0.2, 0.25) is 5.76 Å². The minimum atomic E-state index is -0.620. The van der Waals surface area contributed by atoms with Crippen molar-refractivity contribution in [1.82, 2.24) is 4.90 Å². The maximum absolute atomic E-state index is 12.6. The average Bonchev–Trinajstić information content (AvgIpc) is 3.22. The van der Waals surface area contributed by atoms with Crippen LogP contribution in [0.25, 0.3) is 6.08 Å². The molecule has 0 spiro atoms. The topological polar surface area (TPSA) is 86.0 Å². The van der Waals surface area contributed by atoms with Crippen LogP contribution >= 0.6 is 11.8 Å². The highest BCUT2D eigenvalue weighted by molar-refractivity contribution is 8.18. The SMILES string of the molecule is COC(=O)c1ccc(CN2C(=O)SC(=Cc3ccc(OC)c(C)c3)C2=O)o1. The summed E-state index contributed by atoms with van der Waals surface area (Å²) in [6.45, 7) is 1.85. The summed E-state index contributed by atoms with van der Waals surface area (Å²) in [5.74, 6) is 0.0575. The summed E-state index contributed by atoms with van der Waals surface area (Å²) in [6, 6.07) is 8.47. The number of hydrogen-bond donors (Lipinski definition) is 0. The van der Waals surface area contributed by atoms with E-state index in [0.717, 1.165) is 33.5 Å². The van der Waals surface area contributed by atoms with Crippen molar-refractivity contribution in [3.8, 4) is 5.75 Å². The van der Waals surface area contributed by atoms with Crippen LogP contribution in [0.15, 0.2) is 39.7 Å². The van der Waals surface area contributed by atoms with Crippen molar-refractivity contribution in [1.29, 1.82) is 0 Å². The maximum atomic E-state index is 12.6. The Morgan fingerprint density at radius 2 is 2.00 bits per heavy atom. The van der Waals surface area contributed by atoms with E-state index in [0.29, 0.717) is 10.7 Å². The first-order valence-corrected chi connectivity index (χ1v) is 8.81. The van der Waals surface area contributed by atoms with Crippen LogP contribution in [0.4, 0.5) is 4.79 Å². The molecular weight excluding hydrogens is 370 g/mol. The van der Waals surface area contributed by atoms with Crippen molar-refractivity contribution in [2.45, 2.75) is 13.5 Å². The molecule has 1 fully saturated rings. The molecule has 8 heteroatoms. The fourth-order valence-corrected chi connectivity index (χ4v) is 3.45. The summed E-state index contributed by atoms with van der Waals surface area (Å²) in [5, 5.41) is -0.396. The third-order valence-corrected chi connectivity index (χ3v) is 4.86. The molecule has 1 aliphatic heterocycles. The summed E-state index contributed by atoms with van der Waals surface area (Å²) < 4.78 is 15.1. The van der Waals surface area contributed by atoms with Crippen LogP contribution in [0.1, 0.15) is 27.4 Å². The first kappa shape index (κ1) is 18.8. The zero-order valence-corrected chi connectivity index (χ0v) is 15.8. The van der Waals surface area contributed by atoms with E-state index in [9.17, 15) is 14.4 Å². The van der Waals surface area contributed by atoms with E-state index in [1.165, 1.54) is 19.2 Å². The molecule has 0 N–H and O–H groups in total. The number of aryl methyl sites for hydroxylation is 1. The highest BCUT2D eigenvalue weighted by Crippen LogP contribution is 2.34. The third kappa shape index (κ3) is 3.90. The quantitative estimate of drug-likeness (QED) is 0.572. The minimum absolute atomic E-state index is 0.0173. The Hall–Kier alpha value is -3.00. The molecule has 2 aromatic rings. The van der Waals surface area contributed by atoms with Crippen molar-refractivity contribution in [3.63, 3.8) is 0 Å². The molecule has 0 radical (unpaired) electrons. The van der Waals surface area contributed by atoms with Crippen LogP contribution in [-0.4, -0.2) is 36.2 Å². The molecule has 0 saturated carbocycles. The molecule has 2 amide bonds. The lowest BCUT2D eigenvalue weighted by molar-refractivity contribution is -0.123. The van der Waals surface area contributed by atoms with E-state index in [1.807, 2.05) is 25.1 Å². The molecule has 2 heterocycles. The van der Waals surface area contributed by atoms with Gasteiger partial charge in [-0.05, 0) is 60.2 Å². The van der Waals surface area contributed by atoms with E-state index in [2.05, 4.69) is 4.74 Å². The highest BCUT2D eigenvalue weighted by Gasteiger charge is 2.35. The average molecular weight is 387 g/mol. The smallest absolute Gasteiger partial charge is 0.373 e. The molecule has 1 aromatic carbocycles. The second-order valence-electron chi connectivity index (χ2n) is 5.75. The molecule has 7 nitrogen and oxygen atoms in total. The second-order valence-corrected chi connectivity index (χ2v) is 6.75. The summed E-state index contributed by atoms with van der Waals surface area (Å²) in [6.07, 6.45) is 1.67. The van der Waals surface area contributed by atoms with E-state index >= 15 is 0 Å². The molecule has 27 heavy (non-hydrogen) atoms. The van der Waals surface area contributed by atoms with Gasteiger partial charge in [0, 0.05) is 0 Å². The van der Waals surface area contributed by atoms with Gasteiger partial charge in [-0.25, -0.2) is 4.79 Å². The van der Waals surface area contributed by atoms with Crippen molar-refractivity contribution in [2.24, 2.45) is 0 Å².